The lowest BCUT2D eigenvalue weighted by Crippen LogP contribution is -2.33. The molecule has 7 heteroatoms. The van der Waals surface area contributed by atoms with Gasteiger partial charge in [0.05, 0.1) is 4.90 Å². The number of halogens is 2. The summed E-state index contributed by atoms with van der Waals surface area (Å²) in [6.45, 7) is 1.91. The molecule has 0 radical (unpaired) electrons. The second-order valence-corrected chi connectivity index (χ2v) is 6.85. The Kier molecular flexibility index (Phi) is 4.08. The van der Waals surface area contributed by atoms with Crippen molar-refractivity contribution in [3.8, 4) is 0 Å². The number of carbonyl (C=O) groups excluding carboxylic acids is 1. The Bertz CT molecular complexity index is 595. The molecule has 1 atom stereocenters. The molecule has 1 saturated carbocycles. The lowest BCUT2D eigenvalue weighted by molar-refractivity contribution is 0.0935. The molecule has 4 nitrogen and oxygen atoms in total. The average Bonchev–Trinajstić information content (AvgIpc) is 3.22. The number of carbonyl (C=O) groups is 1. The van der Waals surface area contributed by atoms with Crippen molar-refractivity contribution < 1.29 is 22.0 Å². The smallest absolute Gasteiger partial charge is 0.341 e. The Morgan fingerprint density at radius 1 is 1.25 bits per heavy atom. The topological polar surface area (TPSA) is 63.2 Å². The van der Waals surface area contributed by atoms with Crippen LogP contribution in [0.1, 0.15) is 30.1 Å². The number of hydrogen-bond donors (Lipinski definition) is 1. The molecular formula is C13H15F2NO3S. The minimum absolute atomic E-state index is 0.0620. The third-order valence-electron chi connectivity index (χ3n) is 3.37. The van der Waals surface area contributed by atoms with E-state index in [-0.39, 0.29) is 17.5 Å². The van der Waals surface area contributed by atoms with Crippen LogP contribution in [0.15, 0.2) is 29.2 Å². The van der Waals surface area contributed by atoms with E-state index >= 15 is 0 Å². The molecule has 1 N–H and O–H groups in total. The van der Waals surface area contributed by atoms with Crippen molar-refractivity contribution in [1.29, 1.82) is 0 Å². The lowest BCUT2D eigenvalue weighted by atomic mass is 10.1. The van der Waals surface area contributed by atoms with Gasteiger partial charge >= 0.3 is 5.76 Å². The van der Waals surface area contributed by atoms with Crippen molar-refractivity contribution in [1.82, 2.24) is 5.32 Å². The zero-order valence-corrected chi connectivity index (χ0v) is 11.7. The van der Waals surface area contributed by atoms with Gasteiger partial charge in [0.25, 0.3) is 5.91 Å². The van der Waals surface area contributed by atoms with Crippen LogP contribution in [-0.4, -0.2) is 26.1 Å². The van der Waals surface area contributed by atoms with Crippen molar-refractivity contribution >= 4 is 15.7 Å². The molecule has 1 aliphatic carbocycles. The highest BCUT2D eigenvalue weighted by atomic mass is 32.2. The fourth-order valence-electron chi connectivity index (χ4n) is 1.90. The molecule has 0 aromatic heterocycles. The summed E-state index contributed by atoms with van der Waals surface area (Å²) in [6.07, 6.45) is 2.18. The summed E-state index contributed by atoms with van der Waals surface area (Å²) >= 11 is 0. The molecule has 1 fully saturated rings. The van der Waals surface area contributed by atoms with Crippen LogP contribution in [0.2, 0.25) is 0 Å². The maximum Gasteiger partial charge on any atom is 0.341 e. The summed E-state index contributed by atoms with van der Waals surface area (Å²) in [7, 11) is -4.61. The Balaban J connectivity index is 2.09. The summed E-state index contributed by atoms with van der Waals surface area (Å²) in [4.78, 5) is 11.4. The first-order chi connectivity index (χ1) is 9.32. The highest BCUT2D eigenvalue weighted by molar-refractivity contribution is 7.91. The standard InChI is InChI=1S/C13H15F2NO3S/c1-8(9-2-3-9)16-12(17)10-4-6-11(7-5-10)20(18,19)13(14)15/h4-9,13H,2-3H2,1H3,(H,16,17)/t8-/m1/s1. The van der Waals surface area contributed by atoms with E-state index in [1.165, 1.54) is 12.1 Å². The van der Waals surface area contributed by atoms with Crippen molar-refractivity contribution in [2.75, 3.05) is 0 Å². The molecule has 0 aliphatic heterocycles. The lowest BCUT2D eigenvalue weighted by Gasteiger charge is -2.12. The maximum atomic E-state index is 12.4. The summed E-state index contributed by atoms with van der Waals surface area (Å²) < 4.78 is 47.2. The SMILES string of the molecule is C[C@@H](NC(=O)c1ccc(S(=O)(=O)C(F)F)cc1)C1CC1. The molecule has 110 valence electrons. The van der Waals surface area contributed by atoms with E-state index < -0.39 is 20.5 Å². The summed E-state index contributed by atoms with van der Waals surface area (Å²) in [5.74, 6) is -3.29. The van der Waals surface area contributed by atoms with Crippen molar-refractivity contribution in [2.24, 2.45) is 5.92 Å². The highest BCUT2D eigenvalue weighted by Crippen LogP contribution is 2.32. The van der Waals surface area contributed by atoms with Gasteiger partial charge in [-0.25, -0.2) is 8.42 Å². The third-order valence-corrected chi connectivity index (χ3v) is 4.77. The summed E-state index contributed by atoms with van der Waals surface area (Å²) in [5.41, 5.74) is 0.255. The molecule has 20 heavy (non-hydrogen) atoms. The molecule has 1 aliphatic rings. The molecule has 0 heterocycles. The second-order valence-electron chi connectivity index (χ2n) is 4.93. The van der Waals surface area contributed by atoms with Gasteiger partial charge in [-0.15, -0.1) is 0 Å². The molecular weight excluding hydrogens is 288 g/mol. The monoisotopic (exact) mass is 303 g/mol. The molecule has 1 aromatic carbocycles. The van der Waals surface area contributed by atoms with Gasteiger partial charge in [0.15, 0.2) is 0 Å². The molecule has 1 amide bonds. The minimum Gasteiger partial charge on any atom is -0.349 e. The van der Waals surface area contributed by atoms with Gasteiger partial charge in [-0.1, -0.05) is 0 Å². The molecule has 0 spiro atoms. The van der Waals surface area contributed by atoms with Gasteiger partial charge in [0.2, 0.25) is 9.84 Å². The zero-order valence-electron chi connectivity index (χ0n) is 10.8. The number of alkyl halides is 2. The first-order valence-electron chi connectivity index (χ1n) is 6.25. The van der Waals surface area contributed by atoms with Gasteiger partial charge in [0.1, 0.15) is 0 Å². The van der Waals surface area contributed by atoms with E-state index in [0.29, 0.717) is 5.92 Å². The summed E-state index contributed by atoms with van der Waals surface area (Å²) in [6, 6.07) is 4.59. The van der Waals surface area contributed by atoms with Crippen LogP contribution in [0.5, 0.6) is 0 Å². The predicted octanol–water partition coefficient (Wildman–Crippen LogP) is 2.21. The van der Waals surface area contributed by atoms with Crippen molar-refractivity contribution in [3.63, 3.8) is 0 Å². The highest BCUT2D eigenvalue weighted by Gasteiger charge is 2.29. The molecule has 0 bridgehead atoms. The second kappa shape index (κ2) is 5.47. The van der Waals surface area contributed by atoms with Crippen LogP contribution in [0.25, 0.3) is 0 Å². The zero-order chi connectivity index (χ0) is 14.9. The van der Waals surface area contributed by atoms with E-state index in [9.17, 15) is 22.0 Å². The third kappa shape index (κ3) is 3.15. The molecule has 0 saturated heterocycles. The summed E-state index contributed by atoms with van der Waals surface area (Å²) in [5, 5.41) is 2.80. The van der Waals surface area contributed by atoms with Gasteiger partial charge in [0, 0.05) is 11.6 Å². The van der Waals surface area contributed by atoms with E-state index in [0.717, 1.165) is 25.0 Å². The van der Waals surface area contributed by atoms with E-state index in [2.05, 4.69) is 5.32 Å². The predicted molar refractivity (Wildman–Crippen MR) is 69.3 cm³/mol. The first-order valence-corrected chi connectivity index (χ1v) is 7.80. The fraction of sp³-hybridized carbons (Fsp3) is 0.462. The van der Waals surface area contributed by atoms with E-state index in [1.807, 2.05) is 6.92 Å². The number of rotatable bonds is 5. The van der Waals surface area contributed by atoms with E-state index in [4.69, 9.17) is 0 Å². The number of amides is 1. The quantitative estimate of drug-likeness (QED) is 0.907. The van der Waals surface area contributed by atoms with Crippen molar-refractivity contribution in [3.05, 3.63) is 29.8 Å². The van der Waals surface area contributed by atoms with Crippen LogP contribution in [0, 0.1) is 5.92 Å². The van der Waals surface area contributed by atoms with Gasteiger partial charge in [-0.05, 0) is 49.9 Å². The van der Waals surface area contributed by atoms with Crippen LogP contribution in [0.4, 0.5) is 8.78 Å². The molecule has 2 rings (SSSR count). The normalized spacial score (nSPS) is 17.0. The van der Waals surface area contributed by atoms with Crippen LogP contribution in [-0.2, 0) is 9.84 Å². The van der Waals surface area contributed by atoms with Crippen LogP contribution >= 0.6 is 0 Å². The Labute approximate surface area is 116 Å². The van der Waals surface area contributed by atoms with Gasteiger partial charge in [-0.3, -0.25) is 4.79 Å². The number of benzene rings is 1. The Morgan fingerprint density at radius 3 is 2.25 bits per heavy atom. The van der Waals surface area contributed by atoms with Gasteiger partial charge < -0.3 is 5.32 Å². The van der Waals surface area contributed by atoms with Crippen LogP contribution < -0.4 is 5.32 Å². The van der Waals surface area contributed by atoms with Crippen LogP contribution in [0.3, 0.4) is 0 Å². The maximum absolute atomic E-state index is 12.4. The average molecular weight is 303 g/mol. The Hall–Kier alpha value is -1.50. The van der Waals surface area contributed by atoms with Crippen molar-refractivity contribution in [2.45, 2.75) is 36.5 Å². The Morgan fingerprint density at radius 2 is 1.80 bits per heavy atom. The molecule has 0 unspecified atom stereocenters. The fourth-order valence-corrected chi connectivity index (χ4v) is 2.62. The largest absolute Gasteiger partial charge is 0.349 e. The minimum atomic E-state index is -4.61. The number of hydrogen-bond acceptors (Lipinski definition) is 3. The number of sulfone groups is 1. The van der Waals surface area contributed by atoms with E-state index in [1.54, 1.807) is 0 Å². The number of nitrogens with one attached hydrogen (secondary N) is 1. The van der Waals surface area contributed by atoms with Gasteiger partial charge in [-0.2, -0.15) is 8.78 Å². The first kappa shape index (κ1) is 14.9. The molecule has 1 aromatic rings.